The number of fused-ring (bicyclic) bond motifs is 1. The van der Waals surface area contributed by atoms with Gasteiger partial charge in [-0.25, -0.2) is 9.67 Å². The number of hydrogen-bond acceptors (Lipinski definition) is 5. The van der Waals surface area contributed by atoms with Crippen LogP contribution in [0.2, 0.25) is 0 Å². The van der Waals surface area contributed by atoms with Crippen LogP contribution in [0.15, 0.2) is 36.9 Å². The maximum atomic E-state index is 8.71. The zero-order valence-electron chi connectivity index (χ0n) is 9.28. The van der Waals surface area contributed by atoms with Crippen molar-refractivity contribution in [3.05, 3.63) is 42.7 Å². The fraction of sp³-hybridized carbons (Fsp3) is 0. The molecule has 0 radical (unpaired) electrons. The summed E-state index contributed by atoms with van der Waals surface area (Å²) in [6.07, 6.45) is 4.90. The Morgan fingerprint density at radius 1 is 1.28 bits per heavy atom. The largest absolute Gasteiger partial charge is 0.396 e. The average Bonchev–Trinajstić information content (AvgIpc) is 2.88. The predicted octanol–water partition coefficient (Wildman–Crippen LogP) is 1.27. The minimum Gasteiger partial charge on any atom is -0.396 e. The first-order valence-electron chi connectivity index (χ1n) is 5.24. The summed E-state index contributed by atoms with van der Waals surface area (Å²) in [4.78, 5) is 7.90. The van der Waals surface area contributed by atoms with Crippen LogP contribution in [-0.2, 0) is 0 Å². The lowest BCUT2D eigenvalue weighted by molar-refractivity contribution is 0.876. The molecule has 0 atom stereocenters. The van der Waals surface area contributed by atoms with Crippen LogP contribution in [0.4, 0.5) is 5.69 Å². The molecule has 2 N–H and O–H groups in total. The Labute approximate surface area is 102 Å². The number of rotatable bonds is 1. The van der Waals surface area contributed by atoms with E-state index in [9.17, 15) is 0 Å². The highest BCUT2D eigenvalue weighted by Gasteiger charge is 2.08. The van der Waals surface area contributed by atoms with Crippen molar-refractivity contribution in [2.24, 2.45) is 0 Å². The van der Waals surface area contributed by atoms with Crippen LogP contribution < -0.4 is 5.73 Å². The molecule has 2 aromatic heterocycles. The first-order valence-corrected chi connectivity index (χ1v) is 5.24. The zero-order valence-corrected chi connectivity index (χ0v) is 9.28. The molecule has 6 nitrogen and oxygen atoms in total. The van der Waals surface area contributed by atoms with E-state index in [1.54, 1.807) is 12.4 Å². The second-order valence-corrected chi connectivity index (χ2v) is 3.72. The summed E-state index contributed by atoms with van der Waals surface area (Å²) in [6, 6.07) is 7.46. The lowest BCUT2D eigenvalue weighted by Crippen LogP contribution is -2.01. The molecule has 2 heterocycles. The molecule has 0 saturated carbocycles. The van der Waals surface area contributed by atoms with Gasteiger partial charge in [0.05, 0.1) is 11.4 Å². The fourth-order valence-corrected chi connectivity index (χ4v) is 1.81. The van der Waals surface area contributed by atoms with Crippen LogP contribution in [-0.4, -0.2) is 19.7 Å². The van der Waals surface area contributed by atoms with Gasteiger partial charge in [-0.3, -0.25) is 4.98 Å². The van der Waals surface area contributed by atoms with Gasteiger partial charge in [0.1, 0.15) is 12.4 Å². The Hall–Kier alpha value is -2.94. The number of nitrogen functional groups attached to an aromatic ring is 1. The van der Waals surface area contributed by atoms with Crippen LogP contribution in [0.5, 0.6) is 0 Å². The quantitative estimate of drug-likeness (QED) is 0.642. The van der Waals surface area contributed by atoms with E-state index in [0.717, 1.165) is 10.8 Å². The second kappa shape index (κ2) is 3.82. The third-order valence-electron chi connectivity index (χ3n) is 2.68. The van der Waals surface area contributed by atoms with Crippen LogP contribution in [0.1, 0.15) is 5.82 Å². The van der Waals surface area contributed by atoms with Crippen molar-refractivity contribution < 1.29 is 0 Å². The fourth-order valence-electron chi connectivity index (χ4n) is 1.81. The van der Waals surface area contributed by atoms with Crippen molar-refractivity contribution in [2.75, 3.05) is 5.73 Å². The monoisotopic (exact) mass is 236 g/mol. The van der Waals surface area contributed by atoms with Gasteiger partial charge in [0.15, 0.2) is 0 Å². The van der Waals surface area contributed by atoms with E-state index >= 15 is 0 Å². The van der Waals surface area contributed by atoms with Gasteiger partial charge >= 0.3 is 0 Å². The minimum atomic E-state index is 0.115. The van der Waals surface area contributed by atoms with E-state index in [-0.39, 0.29) is 5.82 Å². The third kappa shape index (κ3) is 1.46. The van der Waals surface area contributed by atoms with E-state index in [1.165, 1.54) is 11.0 Å². The Balaban J connectivity index is 2.24. The molecule has 3 aromatic rings. The highest BCUT2D eigenvalue weighted by molar-refractivity contribution is 5.96. The molecule has 0 aliphatic heterocycles. The Kier molecular flexibility index (Phi) is 2.17. The molecule has 0 saturated heterocycles. The Morgan fingerprint density at radius 3 is 2.94 bits per heavy atom. The normalized spacial score (nSPS) is 10.4. The second-order valence-electron chi connectivity index (χ2n) is 3.72. The number of benzene rings is 1. The van der Waals surface area contributed by atoms with Crippen molar-refractivity contribution >= 4 is 16.5 Å². The van der Waals surface area contributed by atoms with E-state index in [0.29, 0.717) is 11.4 Å². The van der Waals surface area contributed by atoms with Crippen molar-refractivity contribution in [2.45, 2.75) is 0 Å². The third-order valence-corrected chi connectivity index (χ3v) is 2.68. The molecule has 0 fully saturated rings. The van der Waals surface area contributed by atoms with Gasteiger partial charge in [0, 0.05) is 23.2 Å². The minimum absolute atomic E-state index is 0.115. The van der Waals surface area contributed by atoms with Gasteiger partial charge in [-0.2, -0.15) is 5.26 Å². The lowest BCUT2D eigenvalue weighted by atomic mass is 10.1. The number of anilines is 1. The molecule has 3 rings (SSSR count). The topological polar surface area (TPSA) is 93.4 Å². The van der Waals surface area contributed by atoms with Gasteiger partial charge in [0.2, 0.25) is 0 Å². The molecule has 0 aliphatic rings. The average molecular weight is 236 g/mol. The maximum absolute atomic E-state index is 8.71. The van der Waals surface area contributed by atoms with Gasteiger partial charge < -0.3 is 5.73 Å². The summed E-state index contributed by atoms with van der Waals surface area (Å²) in [7, 11) is 0. The number of aromatic nitrogens is 4. The number of hydrogen-bond donors (Lipinski definition) is 1. The van der Waals surface area contributed by atoms with Gasteiger partial charge in [0.25, 0.3) is 5.82 Å². The smallest absolute Gasteiger partial charge is 0.252 e. The molecule has 86 valence electrons. The van der Waals surface area contributed by atoms with Crippen LogP contribution in [0.3, 0.4) is 0 Å². The standard InChI is InChI=1S/C12H8N6/c13-5-11-16-7-18(17-11)10-2-1-8-6-15-4-3-9(8)12(10)14/h1-4,6-7H,14H2. The van der Waals surface area contributed by atoms with E-state index in [4.69, 9.17) is 11.0 Å². The lowest BCUT2D eigenvalue weighted by Gasteiger charge is -2.07. The maximum Gasteiger partial charge on any atom is 0.252 e. The molecule has 6 heteroatoms. The SMILES string of the molecule is N#Cc1ncn(-c2ccc3cnccc3c2N)n1. The number of pyridine rings is 1. The van der Waals surface area contributed by atoms with Crippen LogP contribution in [0.25, 0.3) is 16.5 Å². The van der Waals surface area contributed by atoms with Crippen LogP contribution in [0, 0.1) is 11.3 Å². The van der Waals surface area contributed by atoms with Gasteiger partial charge in [-0.1, -0.05) is 6.07 Å². The summed E-state index contributed by atoms with van der Waals surface area (Å²) >= 11 is 0. The Bertz CT molecular complexity index is 768. The highest BCUT2D eigenvalue weighted by Crippen LogP contribution is 2.26. The summed E-state index contributed by atoms with van der Waals surface area (Å²) in [6.45, 7) is 0. The molecule has 0 amide bonds. The summed E-state index contributed by atoms with van der Waals surface area (Å²) in [5, 5.41) is 14.6. The van der Waals surface area contributed by atoms with E-state index in [2.05, 4.69) is 15.1 Å². The first-order chi connectivity index (χ1) is 8.79. The molecule has 0 unspecified atom stereocenters. The van der Waals surface area contributed by atoms with Crippen molar-refractivity contribution in [3.8, 4) is 11.8 Å². The number of nitrogens with zero attached hydrogens (tertiary/aromatic N) is 5. The molecular formula is C12H8N6. The van der Waals surface area contributed by atoms with E-state index in [1.807, 2.05) is 24.3 Å². The number of nitrogens with two attached hydrogens (primary N) is 1. The summed E-state index contributed by atoms with van der Waals surface area (Å²) in [5.74, 6) is 0.115. The van der Waals surface area contributed by atoms with Crippen molar-refractivity contribution in [3.63, 3.8) is 0 Å². The van der Waals surface area contributed by atoms with Crippen molar-refractivity contribution in [1.82, 2.24) is 19.7 Å². The molecule has 1 aromatic carbocycles. The van der Waals surface area contributed by atoms with E-state index < -0.39 is 0 Å². The van der Waals surface area contributed by atoms with Gasteiger partial charge in [-0.15, -0.1) is 5.10 Å². The van der Waals surface area contributed by atoms with Crippen LogP contribution >= 0.6 is 0 Å². The molecule has 0 bridgehead atoms. The molecule has 0 spiro atoms. The molecule has 18 heavy (non-hydrogen) atoms. The Morgan fingerprint density at radius 2 is 2.17 bits per heavy atom. The van der Waals surface area contributed by atoms with Gasteiger partial charge in [-0.05, 0) is 12.1 Å². The van der Waals surface area contributed by atoms with Crippen molar-refractivity contribution in [1.29, 1.82) is 5.26 Å². The zero-order chi connectivity index (χ0) is 12.5. The number of nitriles is 1. The summed E-state index contributed by atoms with van der Waals surface area (Å²) in [5.41, 5.74) is 7.39. The predicted molar refractivity (Wildman–Crippen MR) is 65.8 cm³/mol. The molecular weight excluding hydrogens is 228 g/mol. The highest BCUT2D eigenvalue weighted by atomic mass is 15.3. The molecule has 0 aliphatic carbocycles. The summed E-state index contributed by atoms with van der Waals surface area (Å²) < 4.78 is 1.49. The first kappa shape index (κ1) is 10.2.